The van der Waals surface area contributed by atoms with Crippen molar-refractivity contribution >= 4 is 12.2 Å². The van der Waals surface area contributed by atoms with Crippen molar-refractivity contribution in [2.45, 2.75) is 58.5 Å². The van der Waals surface area contributed by atoms with E-state index in [4.69, 9.17) is 9.47 Å². The van der Waals surface area contributed by atoms with E-state index < -0.39 is 41.6 Å². The standard InChI is InChI=1S/C25H33F2N3O5/c1-5-30(29-24(33)35-25(2,3)4)15-22(31)21(13-18-11-19(26)14-20(27)12-18)28-23(32)34-16-17-9-7-6-8-10-17/h6-12,14,21-22,31H,5,13,15-16H2,1-4H3,(H,28,32)(H,29,33). The lowest BCUT2D eigenvalue weighted by atomic mass is 10.0. The second kappa shape index (κ2) is 13.0. The van der Waals surface area contributed by atoms with E-state index in [1.165, 1.54) is 5.01 Å². The van der Waals surface area contributed by atoms with E-state index in [2.05, 4.69) is 10.7 Å². The van der Waals surface area contributed by atoms with Crippen LogP contribution < -0.4 is 10.7 Å². The maximum atomic E-state index is 13.7. The third-order valence-electron chi connectivity index (χ3n) is 4.80. The van der Waals surface area contributed by atoms with Gasteiger partial charge in [0.2, 0.25) is 0 Å². The van der Waals surface area contributed by atoms with Crippen molar-refractivity contribution in [1.29, 1.82) is 0 Å². The minimum absolute atomic E-state index is 0.00532. The maximum Gasteiger partial charge on any atom is 0.422 e. The molecule has 2 amide bonds. The van der Waals surface area contributed by atoms with Crippen molar-refractivity contribution in [2.75, 3.05) is 13.1 Å². The van der Waals surface area contributed by atoms with Crippen molar-refractivity contribution in [3.05, 3.63) is 71.3 Å². The number of nitrogens with zero attached hydrogens (tertiary/aromatic N) is 1. The zero-order valence-electron chi connectivity index (χ0n) is 20.4. The highest BCUT2D eigenvalue weighted by molar-refractivity contribution is 5.68. The summed E-state index contributed by atoms with van der Waals surface area (Å²) in [4.78, 5) is 24.6. The molecule has 2 unspecified atom stereocenters. The number of rotatable bonds is 10. The van der Waals surface area contributed by atoms with Gasteiger partial charge in [-0.2, -0.15) is 0 Å². The minimum Gasteiger partial charge on any atom is -0.445 e. The van der Waals surface area contributed by atoms with E-state index in [9.17, 15) is 23.5 Å². The Hall–Kier alpha value is -3.24. The first kappa shape index (κ1) is 28.0. The molecule has 0 fully saturated rings. The van der Waals surface area contributed by atoms with Gasteiger partial charge in [0.05, 0.1) is 12.1 Å². The number of aliphatic hydroxyl groups excluding tert-OH is 1. The second-order valence-corrected chi connectivity index (χ2v) is 9.01. The van der Waals surface area contributed by atoms with E-state index in [-0.39, 0.29) is 25.1 Å². The molecule has 0 aliphatic carbocycles. The van der Waals surface area contributed by atoms with Gasteiger partial charge in [-0.05, 0) is 50.5 Å². The van der Waals surface area contributed by atoms with Crippen LogP contribution in [0.4, 0.5) is 18.4 Å². The Bertz CT molecular complexity index is 949. The first-order valence-corrected chi connectivity index (χ1v) is 11.3. The first-order valence-electron chi connectivity index (χ1n) is 11.3. The van der Waals surface area contributed by atoms with Crippen molar-refractivity contribution in [1.82, 2.24) is 15.8 Å². The van der Waals surface area contributed by atoms with Gasteiger partial charge in [0.15, 0.2) is 0 Å². The number of halogens is 2. The molecule has 0 heterocycles. The molecule has 0 spiro atoms. The maximum absolute atomic E-state index is 13.7. The molecule has 8 nitrogen and oxygen atoms in total. The molecule has 0 saturated carbocycles. The molecule has 10 heteroatoms. The Balaban J connectivity index is 2.09. The molecule has 192 valence electrons. The molecule has 35 heavy (non-hydrogen) atoms. The Labute approximate surface area is 204 Å². The molecular formula is C25H33F2N3O5. The van der Waals surface area contributed by atoms with Crippen LogP contribution in [0.15, 0.2) is 48.5 Å². The summed E-state index contributed by atoms with van der Waals surface area (Å²) in [6, 6.07) is 11.0. The van der Waals surface area contributed by atoms with Crippen molar-refractivity contribution in [3.8, 4) is 0 Å². The normalized spacial score (nSPS) is 13.1. The predicted molar refractivity (Wildman–Crippen MR) is 126 cm³/mol. The van der Waals surface area contributed by atoms with Gasteiger partial charge in [-0.1, -0.05) is 37.3 Å². The van der Waals surface area contributed by atoms with E-state index in [1.54, 1.807) is 52.0 Å². The lowest BCUT2D eigenvalue weighted by Crippen LogP contribution is -2.53. The number of hydrogen-bond acceptors (Lipinski definition) is 6. The zero-order valence-corrected chi connectivity index (χ0v) is 20.4. The van der Waals surface area contributed by atoms with Crippen molar-refractivity contribution in [3.63, 3.8) is 0 Å². The van der Waals surface area contributed by atoms with Gasteiger partial charge in [-0.15, -0.1) is 0 Å². The molecule has 0 radical (unpaired) electrons. The number of carbonyl (C=O) groups is 2. The predicted octanol–water partition coefficient (Wildman–Crippen LogP) is 3.92. The zero-order chi connectivity index (χ0) is 26.0. The SMILES string of the molecule is CCN(CC(O)C(Cc1cc(F)cc(F)c1)NC(=O)OCc1ccccc1)NC(=O)OC(C)(C)C. The average molecular weight is 494 g/mol. The van der Waals surface area contributed by atoms with Gasteiger partial charge in [-0.25, -0.2) is 23.4 Å². The fourth-order valence-corrected chi connectivity index (χ4v) is 3.22. The van der Waals surface area contributed by atoms with Crippen LogP contribution in [0.1, 0.15) is 38.8 Å². The number of hydrogen-bond donors (Lipinski definition) is 3. The number of likely N-dealkylation sites (N-methyl/N-ethyl adjacent to an activating group) is 1. The van der Waals surface area contributed by atoms with Gasteiger partial charge in [0.1, 0.15) is 23.8 Å². The van der Waals surface area contributed by atoms with Crippen LogP contribution in [-0.4, -0.2) is 53.1 Å². The van der Waals surface area contributed by atoms with Crippen LogP contribution in [0.25, 0.3) is 0 Å². The Morgan fingerprint density at radius 2 is 1.66 bits per heavy atom. The first-order chi connectivity index (χ1) is 16.4. The Kier molecular flexibility index (Phi) is 10.4. The number of ether oxygens (including phenoxy) is 2. The summed E-state index contributed by atoms with van der Waals surface area (Å²) in [5.41, 5.74) is 2.83. The Morgan fingerprint density at radius 3 is 2.23 bits per heavy atom. The topological polar surface area (TPSA) is 100 Å². The minimum atomic E-state index is -1.24. The number of carbonyl (C=O) groups excluding carboxylic acids is 2. The number of amides is 2. The third kappa shape index (κ3) is 10.7. The quantitative estimate of drug-likeness (QED) is 0.434. The monoisotopic (exact) mass is 493 g/mol. The highest BCUT2D eigenvalue weighted by atomic mass is 19.1. The summed E-state index contributed by atoms with van der Waals surface area (Å²) in [5.74, 6) is -1.55. The molecule has 0 saturated heterocycles. The lowest BCUT2D eigenvalue weighted by Gasteiger charge is -2.30. The lowest BCUT2D eigenvalue weighted by molar-refractivity contribution is 0.0180. The number of hydrazine groups is 1. The van der Waals surface area contributed by atoms with Gasteiger partial charge < -0.3 is 19.9 Å². The molecule has 2 aromatic rings. The number of alkyl carbamates (subject to hydrolysis) is 1. The molecule has 2 aromatic carbocycles. The van der Waals surface area contributed by atoms with Crippen LogP contribution >= 0.6 is 0 Å². The molecular weight excluding hydrogens is 460 g/mol. The Morgan fingerprint density at radius 1 is 1.03 bits per heavy atom. The smallest absolute Gasteiger partial charge is 0.422 e. The number of benzene rings is 2. The molecule has 3 N–H and O–H groups in total. The summed E-state index contributed by atoms with van der Waals surface area (Å²) >= 11 is 0. The molecule has 0 aliphatic rings. The molecule has 2 atom stereocenters. The summed E-state index contributed by atoms with van der Waals surface area (Å²) in [6.07, 6.45) is -2.83. The number of aliphatic hydroxyl groups is 1. The van der Waals surface area contributed by atoms with Gasteiger partial charge >= 0.3 is 12.2 Å². The fraction of sp³-hybridized carbons (Fsp3) is 0.440. The highest BCUT2D eigenvalue weighted by Gasteiger charge is 2.26. The van der Waals surface area contributed by atoms with Gasteiger partial charge in [0.25, 0.3) is 0 Å². The van der Waals surface area contributed by atoms with E-state index in [1.807, 2.05) is 6.07 Å². The van der Waals surface area contributed by atoms with Gasteiger partial charge in [0, 0.05) is 19.2 Å². The van der Waals surface area contributed by atoms with Crippen LogP contribution in [0.5, 0.6) is 0 Å². The number of nitrogens with one attached hydrogen (secondary N) is 2. The summed E-state index contributed by atoms with van der Waals surface area (Å²) in [6.45, 7) is 7.13. The second-order valence-electron chi connectivity index (χ2n) is 9.01. The van der Waals surface area contributed by atoms with Crippen LogP contribution in [0, 0.1) is 11.6 Å². The van der Waals surface area contributed by atoms with Crippen molar-refractivity contribution < 1.29 is 33.0 Å². The largest absolute Gasteiger partial charge is 0.445 e. The van der Waals surface area contributed by atoms with E-state index >= 15 is 0 Å². The molecule has 2 rings (SSSR count). The van der Waals surface area contributed by atoms with Crippen molar-refractivity contribution in [2.24, 2.45) is 0 Å². The molecule has 0 aliphatic heterocycles. The van der Waals surface area contributed by atoms with Gasteiger partial charge in [-0.3, -0.25) is 5.43 Å². The summed E-state index contributed by atoms with van der Waals surface area (Å²) in [5, 5.41) is 14.9. The van der Waals surface area contributed by atoms with E-state index in [0.717, 1.165) is 23.8 Å². The highest BCUT2D eigenvalue weighted by Crippen LogP contribution is 2.13. The van der Waals surface area contributed by atoms with Crippen LogP contribution in [0.2, 0.25) is 0 Å². The fourth-order valence-electron chi connectivity index (χ4n) is 3.22. The van der Waals surface area contributed by atoms with Crippen LogP contribution in [0.3, 0.4) is 0 Å². The average Bonchev–Trinajstić information content (AvgIpc) is 2.75. The third-order valence-corrected chi connectivity index (χ3v) is 4.80. The van der Waals surface area contributed by atoms with E-state index in [0.29, 0.717) is 6.54 Å². The molecule has 0 bridgehead atoms. The summed E-state index contributed by atoms with van der Waals surface area (Å²) in [7, 11) is 0. The van der Waals surface area contributed by atoms with Crippen LogP contribution in [-0.2, 0) is 22.5 Å². The molecule has 0 aromatic heterocycles. The summed E-state index contributed by atoms with van der Waals surface area (Å²) < 4.78 is 37.9.